The zero-order chi connectivity index (χ0) is 23.4. The van der Waals surface area contributed by atoms with Gasteiger partial charge in [0.25, 0.3) is 0 Å². The lowest BCUT2D eigenvalue weighted by atomic mass is 9.77. The van der Waals surface area contributed by atoms with Crippen LogP contribution in [0.5, 0.6) is 0 Å². The summed E-state index contributed by atoms with van der Waals surface area (Å²) >= 11 is 0. The van der Waals surface area contributed by atoms with Gasteiger partial charge in [0.05, 0.1) is 12.2 Å². The van der Waals surface area contributed by atoms with Gasteiger partial charge in [0.2, 0.25) is 0 Å². The molecule has 2 aliphatic carbocycles. The molecular weight excluding hydrogens is 396 g/mol. The SMILES string of the molecule is C=C(NC1CC(CN2CCC3(CC2)OCCC2=C3C=C(CC)C2)C1)OC(C)(C)C.CCC. The second-order valence-corrected chi connectivity index (χ2v) is 11.3. The predicted octanol–water partition coefficient (Wildman–Crippen LogP) is 6.35. The van der Waals surface area contributed by atoms with E-state index >= 15 is 0 Å². The van der Waals surface area contributed by atoms with Crippen molar-refractivity contribution < 1.29 is 9.47 Å². The van der Waals surface area contributed by atoms with E-state index in [4.69, 9.17) is 9.47 Å². The number of ether oxygens (including phenoxy) is 2. The van der Waals surface area contributed by atoms with Gasteiger partial charge in [0.1, 0.15) is 5.60 Å². The van der Waals surface area contributed by atoms with E-state index in [0.29, 0.717) is 6.04 Å². The van der Waals surface area contributed by atoms with Crippen LogP contribution in [0.2, 0.25) is 0 Å². The highest BCUT2D eigenvalue weighted by Crippen LogP contribution is 2.46. The number of hydrogen-bond acceptors (Lipinski definition) is 4. The van der Waals surface area contributed by atoms with Gasteiger partial charge in [0, 0.05) is 25.7 Å². The number of nitrogens with one attached hydrogen (secondary N) is 1. The number of nitrogens with zero attached hydrogens (tertiary/aromatic N) is 1. The lowest BCUT2D eigenvalue weighted by Crippen LogP contribution is -2.52. The summed E-state index contributed by atoms with van der Waals surface area (Å²) in [4.78, 5) is 2.67. The number of rotatable bonds is 6. The Hall–Kier alpha value is -1.26. The molecule has 1 saturated heterocycles. The normalized spacial score (nSPS) is 27.1. The van der Waals surface area contributed by atoms with Crippen molar-refractivity contribution in [2.75, 3.05) is 26.2 Å². The van der Waals surface area contributed by atoms with Gasteiger partial charge in [-0.15, -0.1) is 0 Å². The van der Waals surface area contributed by atoms with Crippen LogP contribution in [0.4, 0.5) is 0 Å². The Kier molecular flexibility index (Phi) is 8.54. The molecule has 0 atom stereocenters. The average Bonchev–Trinajstić information content (AvgIpc) is 3.12. The highest BCUT2D eigenvalue weighted by atomic mass is 16.5. The standard InChI is InChI=1S/C25H40N2O2.C3H8/c1-6-19-13-21-7-12-28-25(23(21)16-19)8-10-27(11-9-25)17-20-14-22(15-20)26-18(2)29-24(3,4)5;1-3-2/h16,20,22,26H,2,6-15,17H2,1,3-5H3;3H2,1-2H3. The topological polar surface area (TPSA) is 33.7 Å². The molecule has 0 radical (unpaired) electrons. The molecule has 32 heavy (non-hydrogen) atoms. The highest BCUT2D eigenvalue weighted by molar-refractivity contribution is 5.46. The van der Waals surface area contributed by atoms with Gasteiger partial charge in [-0.25, -0.2) is 0 Å². The number of hydrogen-bond donors (Lipinski definition) is 1. The molecule has 4 rings (SSSR count). The lowest BCUT2D eigenvalue weighted by molar-refractivity contribution is -0.0664. The molecule has 4 aliphatic rings. The van der Waals surface area contributed by atoms with Crippen molar-refractivity contribution in [3.63, 3.8) is 0 Å². The molecule has 2 fully saturated rings. The third kappa shape index (κ3) is 6.41. The first kappa shape index (κ1) is 25.4. The van der Waals surface area contributed by atoms with Gasteiger partial charge in [-0.1, -0.05) is 44.4 Å². The molecule has 0 aromatic rings. The highest BCUT2D eigenvalue weighted by Gasteiger charge is 2.43. The molecular formula is C28H48N2O2. The Labute approximate surface area is 197 Å². The first-order chi connectivity index (χ1) is 15.2. The second-order valence-electron chi connectivity index (χ2n) is 11.3. The van der Waals surface area contributed by atoms with Gasteiger partial charge in [-0.3, -0.25) is 0 Å². The van der Waals surface area contributed by atoms with E-state index in [2.05, 4.69) is 64.4 Å². The maximum atomic E-state index is 6.44. The quantitative estimate of drug-likeness (QED) is 0.484. The second kappa shape index (κ2) is 10.8. The molecule has 182 valence electrons. The Bertz CT molecular complexity index is 701. The van der Waals surface area contributed by atoms with Crippen LogP contribution < -0.4 is 5.32 Å². The number of fused-ring (bicyclic) bond motifs is 1. The molecule has 0 aromatic carbocycles. The van der Waals surface area contributed by atoms with Crippen molar-refractivity contribution in [3.8, 4) is 0 Å². The third-order valence-electron chi connectivity index (χ3n) is 7.11. The van der Waals surface area contributed by atoms with E-state index in [9.17, 15) is 0 Å². The average molecular weight is 445 g/mol. The van der Waals surface area contributed by atoms with Crippen LogP contribution in [0, 0.1) is 5.92 Å². The molecule has 0 amide bonds. The molecule has 0 unspecified atom stereocenters. The number of piperidine rings is 1. The van der Waals surface area contributed by atoms with E-state index in [0.717, 1.165) is 37.7 Å². The number of allylic oxidation sites excluding steroid dienone is 1. The minimum absolute atomic E-state index is 0.0206. The summed E-state index contributed by atoms with van der Waals surface area (Å²) in [6.07, 6.45) is 12.0. The zero-order valence-corrected chi connectivity index (χ0v) is 21.7. The summed E-state index contributed by atoms with van der Waals surface area (Å²) in [7, 11) is 0. The van der Waals surface area contributed by atoms with Crippen LogP contribution in [0.3, 0.4) is 0 Å². The fraction of sp³-hybridized carbons (Fsp3) is 0.786. The van der Waals surface area contributed by atoms with Gasteiger partial charge < -0.3 is 19.7 Å². The number of likely N-dealkylation sites (tertiary alicyclic amines) is 1. The predicted molar refractivity (Wildman–Crippen MR) is 135 cm³/mol. The fourth-order valence-electron chi connectivity index (χ4n) is 5.58. The summed E-state index contributed by atoms with van der Waals surface area (Å²) in [5.74, 6) is 1.51. The maximum Gasteiger partial charge on any atom is 0.180 e. The van der Waals surface area contributed by atoms with E-state index in [1.165, 1.54) is 51.7 Å². The van der Waals surface area contributed by atoms with Crippen molar-refractivity contribution in [2.24, 2.45) is 5.92 Å². The van der Waals surface area contributed by atoms with Crippen LogP contribution in [-0.4, -0.2) is 48.4 Å². The van der Waals surface area contributed by atoms with E-state index in [-0.39, 0.29) is 11.2 Å². The summed E-state index contributed by atoms with van der Waals surface area (Å²) in [6.45, 7) is 21.2. The molecule has 4 heteroatoms. The monoisotopic (exact) mass is 444 g/mol. The van der Waals surface area contributed by atoms with Crippen molar-refractivity contribution in [2.45, 2.75) is 110 Å². The Morgan fingerprint density at radius 1 is 1.22 bits per heavy atom. The third-order valence-corrected chi connectivity index (χ3v) is 7.11. The Balaban J connectivity index is 0.000000913. The maximum absolute atomic E-state index is 6.44. The summed E-state index contributed by atoms with van der Waals surface area (Å²) in [5.41, 5.74) is 4.68. The van der Waals surface area contributed by atoms with Crippen molar-refractivity contribution in [3.05, 3.63) is 35.3 Å². The van der Waals surface area contributed by atoms with Crippen LogP contribution in [0.1, 0.15) is 92.9 Å². The van der Waals surface area contributed by atoms with Crippen molar-refractivity contribution in [1.82, 2.24) is 10.2 Å². The van der Waals surface area contributed by atoms with Crippen LogP contribution >= 0.6 is 0 Å². The van der Waals surface area contributed by atoms with Crippen LogP contribution in [0.15, 0.2) is 35.3 Å². The molecule has 1 N–H and O–H groups in total. The first-order valence-electron chi connectivity index (χ1n) is 13.1. The summed E-state index contributed by atoms with van der Waals surface area (Å²) in [6, 6.07) is 0.525. The van der Waals surface area contributed by atoms with Crippen LogP contribution in [0.25, 0.3) is 0 Å². The molecule has 0 aromatic heterocycles. The van der Waals surface area contributed by atoms with Gasteiger partial charge in [-0.2, -0.15) is 0 Å². The Morgan fingerprint density at radius 3 is 2.47 bits per heavy atom. The van der Waals surface area contributed by atoms with Gasteiger partial charge in [-0.05, 0) is 83.8 Å². The summed E-state index contributed by atoms with van der Waals surface area (Å²) < 4.78 is 12.2. The first-order valence-corrected chi connectivity index (χ1v) is 13.1. The van der Waals surface area contributed by atoms with Gasteiger partial charge >= 0.3 is 0 Å². The molecule has 2 heterocycles. The smallest absolute Gasteiger partial charge is 0.180 e. The minimum atomic E-state index is -0.181. The fourth-order valence-corrected chi connectivity index (χ4v) is 5.58. The zero-order valence-electron chi connectivity index (χ0n) is 21.7. The molecule has 4 nitrogen and oxygen atoms in total. The molecule has 1 saturated carbocycles. The van der Waals surface area contributed by atoms with Crippen molar-refractivity contribution in [1.29, 1.82) is 0 Å². The van der Waals surface area contributed by atoms with E-state index in [1.807, 2.05) is 0 Å². The van der Waals surface area contributed by atoms with Crippen LogP contribution in [-0.2, 0) is 9.47 Å². The van der Waals surface area contributed by atoms with E-state index in [1.54, 1.807) is 16.7 Å². The molecule has 1 spiro atoms. The lowest BCUT2D eigenvalue weighted by Gasteiger charge is -2.47. The summed E-state index contributed by atoms with van der Waals surface area (Å²) in [5, 5.41) is 3.45. The Morgan fingerprint density at radius 2 is 1.88 bits per heavy atom. The van der Waals surface area contributed by atoms with Crippen molar-refractivity contribution >= 4 is 0 Å². The largest absolute Gasteiger partial charge is 0.474 e. The van der Waals surface area contributed by atoms with E-state index < -0.39 is 0 Å². The molecule has 0 bridgehead atoms. The minimum Gasteiger partial charge on any atom is -0.474 e. The molecule has 2 aliphatic heterocycles. The van der Waals surface area contributed by atoms with Gasteiger partial charge in [0.15, 0.2) is 5.88 Å².